The summed E-state index contributed by atoms with van der Waals surface area (Å²) in [7, 11) is 3.01. The highest BCUT2D eigenvalue weighted by molar-refractivity contribution is 6.30. The highest BCUT2D eigenvalue weighted by Gasteiger charge is 2.34. The lowest BCUT2D eigenvalue weighted by Gasteiger charge is -2.21. The summed E-state index contributed by atoms with van der Waals surface area (Å²) in [5, 5.41) is 11.5. The number of aromatic hydroxyl groups is 1. The third kappa shape index (κ3) is 4.95. The Kier molecular flexibility index (Phi) is 7.29. The van der Waals surface area contributed by atoms with E-state index in [-0.39, 0.29) is 11.5 Å². The molecule has 0 bridgehead atoms. The standard InChI is InChI=1S/C28H31ClN4O5/c1-16-13-19(29)14-30-24(16)18-11-12-32(15-18)27(35)23-26(34)31-22(10-9-17-7-8-17)33(28(23)36)25-20(37-2)5-4-6-21(25)38-3/h4-6,13-14,17-18,34H,7-12,15H2,1-3H3. The minimum atomic E-state index is -0.652. The number of methoxy groups -OCH3 is 2. The molecule has 0 spiro atoms. The third-order valence-electron chi connectivity index (χ3n) is 7.39. The summed E-state index contributed by atoms with van der Waals surface area (Å²) in [6.45, 7) is 2.73. The number of amides is 1. The van der Waals surface area contributed by atoms with Crippen molar-refractivity contribution in [2.24, 2.45) is 5.92 Å². The van der Waals surface area contributed by atoms with Crippen molar-refractivity contribution in [1.82, 2.24) is 19.4 Å². The number of ether oxygens (including phenoxy) is 2. The highest BCUT2D eigenvalue weighted by Crippen LogP contribution is 2.36. The van der Waals surface area contributed by atoms with Gasteiger partial charge in [-0.2, -0.15) is 4.98 Å². The van der Waals surface area contributed by atoms with E-state index in [0.717, 1.165) is 30.5 Å². The Balaban J connectivity index is 1.55. The van der Waals surface area contributed by atoms with Gasteiger partial charge in [0.15, 0.2) is 5.56 Å². The predicted molar refractivity (Wildman–Crippen MR) is 143 cm³/mol. The van der Waals surface area contributed by atoms with Gasteiger partial charge in [-0.25, -0.2) is 0 Å². The summed E-state index contributed by atoms with van der Waals surface area (Å²) >= 11 is 6.07. The molecule has 200 valence electrons. The first-order valence-electron chi connectivity index (χ1n) is 12.8. The monoisotopic (exact) mass is 538 g/mol. The normalized spacial score (nSPS) is 17.1. The van der Waals surface area contributed by atoms with Crippen molar-refractivity contribution in [2.45, 2.75) is 44.9 Å². The Morgan fingerprint density at radius 3 is 2.53 bits per heavy atom. The molecule has 1 aliphatic heterocycles. The van der Waals surface area contributed by atoms with E-state index < -0.39 is 17.3 Å². The maximum atomic E-state index is 14.0. The maximum Gasteiger partial charge on any atom is 0.275 e. The lowest BCUT2D eigenvalue weighted by atomic mass is 10.0. The molecule has 1 aliphatic carbocycles. The van der Waals surface area contributed by atoms with E-state index in [9.17, 15) is 14.7 Å². The number of hydrogen-bond acceptors (Lipinski definition) is 7. The molecule has 2 fully saturated rings. The number of pyridine rings is 1. The minimum Gasteiger partial charge on any atom is -0.494 e. The number of carbonyl (C=O) groups excluding carboxylic acids is 1. The summed E-state index contributed by atoms with van der Waals surface area (Å²) in [5.41, 5.74) is 1.16. The number of aromatic nitrogens is 3. The lowest BCUT2D eigenvalue weighted by Crippen LogP contribution is -2.37. The van der Waals surface area contributed by atoms with Crippen LogP contribution in [0.25, 0.3) is 5.69 Å². The fourth-order valence-corrected chi connectivity index (χ4v) is 5.45. The Morgan fingerprint density at radius 1 is 1.18 bits per heavy atom. The van der Waals surface area contributed by atoms with Gasteiger partial charge >= 0.3 is 0 Å². The quantitative estimate of drug-likeness (QED) is 0.456. The third-order valence-corrected chi connectivity index (χ3v) is 7.60. The van der Waals surface area contributed by atoms with Crippen LogP contribution >= 0.6 is 11.6 Å². The fourth-order valence-electron chi connectivity index (χ4n) is 5.23. The van der Waals surface area contributed by atoms with Crippen LogP contribution in [0.3, 0.4) is 0 Å². The Morgan fingerprint density at radius 2 is 1.89 bits per heavy atom. The number of nitrogens with zero attached hydrogens (tertiary/aromatic N) is 4. The molecule has 2 aliphatic rings. The second-order valence-corrected chi connectivity index (χ2v) is 10.4. The van der Waals surface area contributed by atoms with Crippen molar-refractivity contribution in [3.8, 4) is 23.1 Å². The Labute approximate surface area is 226 Å². The van der Waals surface area contributed by atoms with Gasteiger partial charge in [-0.05, 0) is 49.4 Å². The highest BCUT2D eigenvalue weighted by atomic mass is 35.5. The molecule has 1 N–H and O–H groups in total. The van der Waals surface area contributed by atoms with E-state index >= 15 is 0 Å². The fraction of sp³-hybridized carbons (Fsp3) is 0.429. The second-order valence-electron chi connectivity index (χ2n) is 9.95. The molecule has 1 aromatic carbocycles. The van der Waals surface area contributed by atoms with Crippen LogP contribution in [0.1, 0.15) is 59.0 Å². The SMILES string of the molecule is COc1cccc(OC)c1-n1c(CCC2CC2)nc(O)c(C(=O)N2CCC(c3ncc(Cl)cc3C)C2)c1=O. The molecule has 5 rings (SSSR count). The molecule has 10 heteroatoms. The molecule has 0 radical (unpaired) electrons. The van der Waals surface area contributed by atoms with Crippen molar-refractivity contribution in [2.75, 3.05) is 27.3 Å². The van der Waals surface area contributed by atoms with Gasteiger partial charge in [0.05, 0.1) is 19.2 Å². The van der Waals surface area contributed by atoms with E-state index in [0.29, 0.717) is 59.9 Å². The first-order chi connectivity index (χ1) is 18.3. The second kappa shape index (κ2) is 10.6. The van der Waals surface area contributed by atoms with Gasteiger partial charge in [0.25, 0.3) is 11.5 Å². The molecule has 1 saturated heterocycles. The van der Waals surface area contributed by atoms with Crippen LogP contribution in [0.15, 0.2) is 35.3 Å². The van der Waals surface area contributed by atoms with Crippen LogP contribution in [0, 0.1) is 12.8 Å². The average molecular weight is 539 g/mol. The first kappa shape index (κ1) is 26.0. The number of likely N-dealkylation sites (tertiary alicyclic amines) is 1. The van der Waals surface area contributed by atoms with Gasteiger partial charge in [-0.15, -0.1) is 0 Å². The molecule has 1 unspecified atom stereocenters. The van der Waals surface area contributed by atoms with Crippen LogP contribution in [-0.4, -0.2) is 57.8 Å². The molecule has 1 saturated carbocycles. The topological polar surface area (TPSA) is 107 Å². The smallest absolute Gasteiger partial charge is 0.275 e. The van der Waals surface area contributed by atoms with E-state index in [4.69, 9.17) is 21.1 Å². The van der Waals surface area contributed by atoms with Gasteiger partial charge in [0.1, 0.15) is 23.0 Å². The maximum absolute atomic E-state index is 14.0. The molecule has 1 atom stereocenters. The molecular weight excluding hydrogens is 508 g/mol. The summed E-state index contributed by atoms with van der Waals surface area (Å²) in [6, 6.07) is 7.04. The van der Waals surface area contributed by atoms with E-state index in [2.05, 4.69) is 9.97 Å². The van der Waals surface area contributed by atoms with Gasteiger partial charge in [0.2, 0.25) is 5.88 Å². The molecule has 3 aromatic rings. The van der Waals surface area contributed by atoms with Crippen molar-refractivity contribution in [1.29, 1.82) is 0 Å². The number of halogens is 1. The van der Waals surface area contributed by atoms with Crippen LogP contribution in [0.5, 0.6) is 17.4 Å². The van der Waals surface area contributed by atoms with Crippen LogP contribution in [-0.2, 0) is 6.42 Å². The average Bonchev–Trinajstić information content (AvgIpc) is 3.61. The Hall–Kier alpha value is -3.59. The lowest BCUT2D eigenvalue weighted by molar-refractivity contribution is 0.0784. The molecule has 9 nitrogen and oxygen atoms in total. The van der Waals surface area contributed by atoms with Crippen LogP contribution in [0.2, 0.25) is 5.02 Å². The zero-order valence-corrected chi connectivity index (χ0v) is 22.5. The van der Waals surface area contributed by atoms with E-state index in [1.807, 2.05) is 13.0 Å². The minimum absolute atomic E-state index is 0.000621. The zero-order valence-electron chi connectivity index (χ0n) is 21.7. The molecule has 1 amide bonds. The van der Waals surface area contributed by atoms with Crippen molar-refractivity contribution < 1.29 is 19.4 Å². The van der Waals surface area contributed by atoms with E-state index in [1.54, 1.807) is 29.3 Å². The van der Waals surface area contributed by atoms with Crippen molar-refractivity contribution in [3.05, 3.63) is 68.5 Å². The van der Waals surface area contributed by atoms with Crippen molar-refractivity contribution >= 4 is 17.5 Å². The Bertz CT molecular complexity index is 1410. The zero-order chi connectivity index (χ0) is 27.0. The van der Waals surface area contributed by atoms with E-state index in [1.165, 1.54) is 18.8 Å². The van der Waals surface area contributed by atoms with Gasteiger partial charge < -0.3 is 19.5 Å². The molecule has 38 heavy (non-hydrogen) atoms. The largest absolute Gasteiger partial charge is 0.494 e. The summed E-state index contributed by atoms with van der Waals surface area (Å²) in [5.74, 6) is 0.617. The molecular formula is C28H31ClN4O5. The summed E-state index contributed by atoms with van der Waals surface area (Å²) < 4.78 is 12.5. The number of carbonyl (C=O) groups is 1. The van der Waals surface area contributed by atoms with Crippen LogP contribution < -0.4 is 15.0 Å². The number of para-hydroxylation sites is 1. The number of aryl methyl sites for hydroxylation is 2. The number of rotatable bonds is 8. The van der Waals surface area contributed by atoms with Crippen molar-refractivity contribution in [3.63, 3.8) is 0 Å². The van der Waals surface area contributed by atoms with Gasteiger partial charge in [-0.1, -0.05) is 30.5 Å². The predicted octanol–water partition coefficient (Wildman–Crippen LogP) is 4.28. The van der Waals surface area contributed by atoms with Crippen LogP contribution in [0.4, 0.5) is 0 Å². The molecule has 2 aromatic heterocycles. The number of benzene rings is 1. The summed E-state index contributed by atoms with van der Waals surface area (Å²) in [6.07, 6.45) is 5.87. The van der Waals surface area contributed by atoms with Gasteiger partial charge in [-0.3, -0.25) is 19.1 Å². The first-order valence-corrected chi connectivity index (χ1v) is 13.2. The van der Waals surface area contributed by atoms with Gasteiger partial charge in [0, 0.05) is 37.3 Å². The summed E-state index contributed by atoms with van der Waals surface area (Å²) in [4.78, 5) is 38.2. The molecule has 3 heterocycles. The number of hydrogen-bond donors (Lipinski definition) is 1.